The summed E-state index contributed by atoms with van der Waals surface area (Å²) in [6, 6.07) is 6.57. The molecule has 0 heterocycles. The van der Waals surface area contributed by atoms with Crippen LogP contribution < -0.4 is 0 Å². The Morgan fingerprint density at radius 1 is 1.00 bits per heavy atom. The molecule has 0 atom stereocenters. The highest BCUT2D eigenvalue weighted by atomic mass is 79.9. The molecule has 0 radical (unpaired) electrons. The van der Waals surface area contributed by atoms with Crippen molar-refractivity contribution >= 4 is 21.5 Å². The number of benzene rings is 1. The van der Waals surface area contributed by atoms with E-state index < -0.39 is 0 Å². The largest absolute Gasteiger partial charge is 0.0762 e. The van der Waals surface area contributed by atoms with Gasteiger partial charge in [0.25, 0.3) is 0 Å². The zero-order valence-corrected chi connectivity index (χ0v) is 13.6. The van der Waals surface area contributed by atoms with Crippen LogP contribution in [0.4, 0.5) is 0 Å². The summed E-state index contributed by atoms with van der Waals surface area (Å²) in [4.78, 5) is 0. The third-order valence-electron chi connectivity index (χ3n) is 4.04. The number of allylic oxidation sites excluding steroid dienone is 2. The maximum Gasteiger partial charge on any atom is 0.0253 e. The molecule has 1 aromatic rings. The molecule has 0 fully saturated rings. The molecule has 0 saturated carbocycles. The van der Waals surface area contributed by atoms with E-state index in [0.717, 1.165) is 6.42 Å². The standard InChI is InChI=1S/C18H25Br/c1-2-3-4-5-6-7-8-10-15-13-14-16-11-9-12-17(19)18(15)16/h9,11-13H,2-8,10,14H2,1H3. The predicted octanol–water partition coefficient (Wildman–Crippen LogP) is 6.53. The van der Waals surface area contributed by atoms with Crippen LogP contribution in [-0.2, 0) is 6.42 Å². The van der Waals surface area contributed by atoms with Gasteiger partial charge in [-0.3, -0.25) is 0 Å². The third-order valence-corrected chi connectivity index (χ3v) is 4.70. The van der Waals surface area contributed by atoms with Gasteiger partial charge in [-0.05, 0) is 42.0 Å². The highest BCUT2D eigenvalue weighted by molar-refractivity contribution is 9.10. The SMILES string of the molecule is CCCCCCCCCC1=CCc2cccc(Br)c21. The van der Waals surface area contributed by atoms with Crippen LogP contribution in [0.2, 0.25) is 0 Å². The molecular formula is C18H25Br. The predicted molar refractivity (Wildman–Crippen MR) is 88.4 cm³/mol. The minimum atomic E-state index is 1.13. The van der Waals surface area contributed by atoms with E-state index in [-0.39, 0.29) is 0 Å². The lowest BCUT2D eigenvalue weighted by atomic mass is 10.00. The zero-order valence-electron chi connectivity index (χ0n) is 12.1. The van der Waals surface area contributed by atoms with Gasteiger partial charge in [-0.1, -0.05) is 79.6 Å². The van der Waals surface area contributed by atoms with Crippen LogP contribution in [0.1, 0.15) is 69.4 Å². The minimum absolute atomic E-state index is 1.13. The van der Waals surface area contributed by atoms with Crippen molar-refractivity contribution in [1.29, 1.82) is 0 Å². The van der Waals surface area contributed by atoms with Crippen molar-refractivity contribution < 1.29 is 0 Å². The summed E-state index contributed by atoms with van der Waals surface area (Å²) in [5.74, 6) is 0. The molecular weight excluding hydrogens is 296 g/mol. The molecule has 0 aromatic heterocycles. The molecule has 0 N–H and O–H groups in total. The lowest BCUT2D eigenvalue weighted by Crippen LogP contribution is -1.87. The van der Waals surface area contributed by atoms with Crippen LogP contribution in [-0.4, -0.2) is 0 Å². The second-order valence-corrected chi connectivity index (χ2v) is 6.43. The molecule has 0 aliphatic heterocycles. The van der Waals surface area contributed by atoms with Crippen molar-refractivity contribution in [2.24, 2.45) is 0 Å². The fourth-order valence-corrected chi connectivity index (χ4v) is 3.60. The van der Waals surface area contributed by atoms with Crippen LogP contribution in [0.15, 0.2) is 28.7 Å². The fourth-order valence-electron chi connectivity index (χ4n) is 2.93. The number of hydrogen-bond acceptors (Lipinski definition) is 0. The van der Waals surface area contributed by atoms with Crippen molar-refractivity contribution in [1.82, 2.24) is 0 Å². The van der Waals surface area contributed by atoms with Gasteiger partial charge in [0.05, 0.1) is 0 Å². The summed E-state index contributed by atoms with van der Waals surface area (Å²) in [5, 5.41) is 0. The quantitative estimate of drug-likeness (QED) is 0.478. The van der Waals surface area contributed by atoms with E-state index in [1.165, 1.54) is 67.0 Å². The first kappa shape index (κ1) is 14.8. The van der Waals surface area contributed by atoms with E-state index in [4.69, 9.17) is 0 Å². The molecule has 1 aliphatic rings. The molecule has 2 rings (SSSR count). The van der Waals surface area contributed by atoms with Crippen LogP contribution in [0, 0.1) is 0 Å². The Balaban J connectivity index is 1.71. The highest BCUT2D eigenvalue weighted by Gasteiger charge is 2.15. The number of fused-ring (bicyclic) bond motifs is 1. The Kier molecular flexibility index (Phi) is 6.16. The van der Waals surface area contributed by atoms with Crippen molar-refractivity contribution in [3.8, 4) is 0 Å². The molecule has 0 nitrogen and oxygen atoms in total. The van der Waals surface area contributed by atoms with E-state index in [2.05, 4.69) is 47.1 Å². The van der Waals surface area contributed by atoms with Gasteiger partial charge >= 0.3 is 0 Å². The summed E-state index contributed by atoms with van der Waals surface area (Å²) in [7, 11) is 0. The molecule has 1 heteroatoms. The smallest absolute Gasteiger partial charge is 0.0253 e. The molecule has 1 aliphatic carbocycles. The summed E-state index contributed by atoms with van der Waals surface area (Å²) >= 11 is 3.70. The second kappa shape index (κ2) is 7.89. The lowest BCUT2D eigenvalue weighted by molar-refractivity contribution is 0.594. The molecule has 19 heavy (non-hydrogen) atoms. The van der Waals surface area contributed by atoms with Gasteiger partial charge in [0.1, 0.15) is 0 Å². The van der Waals surface area contributed by atoms with Gasteiger partial charge in [0, 0.05) is 4.47 Å². The van der Waals surface area contributed by atoms with Gasteiger partial charge in [0.15, 0.2) is 0 Å². The topological polar surface area (TPSA) is 0 Å². The minimum Gasteiger partial charge on any atom is -0.0762 e. The normalized spacial score (nSPS) is 13.5. The molecule has 0 amide bonds. The summed E-state index contributed by atoms with van der Waals surface area (Å²) in [6.07, 6.45) is 14.6. The van der Waals surface area contributed by atoms with E-state index >= 15 is 0 Å². The van der Waals surface area contributed by atoms with Crippen LogP contribution in [0.5, 0.6) is 0 Å². The monoisotopic (exact) mass is 320 g/mol. The zero-order chi connectivity index (χ0) is 13.5. The first-order chi connectivity index (χ1) is 9.33. The molecule has 0 saturated heterocycles. The third kappa shape index (κ3) is 4.21. The molecule has 0 unspecified atom stereocenters. The van der Waals surface area contributed by atoms with Crippen LogP contribution in [0.3, 0.4) is 0 Å². The Bertz CT molecular complexity index is 431. The van der Waals surface area contributed by atoms with Gasteiger partial charge < -0.3 is 0 Å². The molecule has 1 aromatic carbocycles. The van der Waals surface area contributed by atoms with Gasteiger partial charge in [-0.2, -0.15) is 0 Å². The Morgan fingerprint density at radius 3 is 2.53 bits per heavy atom. The summed E-state index contributed by atoms with van der Waals surface area (Å²) in [5.41, 5.74) is 4.54. The van der Waals surface area contributed by atoms with Gasteiger partial charge in [-0.15, -0.1) is 0 Å². The first-order valence-electron chi connectivity index (χ1n) is 7.79. The maximum absolute atomic E-state index is 3.70. The maximum atomic E-state index is 3.70. The second-order valence-electron chi connectivity index (χ2n) is 5.58. The lowest BCUT2D eigenvalue weighted by Gasteiger charge is -2.08. The molecule has 0 spiro atoms. The highest BCUT2D eigenvalue weighted by Crippen LogP contribution is 2.36. The van der Waals surface area contributed by atoms with Crippen LogP contribution in [0.25, 0.3) is 5.57 Å². The average Bonchev–Trinajstić information content (AvgIpc) is 2.82. The van der Waals surface area contributed by atoms with Crippen molar-refractivity contribution in [3.05, 3.63) is 39.9 Å². The van der Waals surface area contributed by atoms with E-state index in [1.807, 2.05) is 0 Å². The number of halogens is 1. The molecule has 0 bridgehead atoms. The summed E-state index contributed by atoms with van der Waals surface area (Å²) < 4.78 is 1.27. The number of hydrogen-bond donors (Lipinski definition) is 0. The summed E-state index contributed by atoms with van der Waals surface area (Å²) in [6.45, 7) is 2.28. The molecule has 104 valence electrons. The van der Waals surface area contributed by atoms with E-state index in [0.29, 0.717) is 0 Å². The number of rotatable bonds is 8. The van der Waals surface area contributed by atoms with Gasteiger partial charge in [0.2, 0.25) is 0 Å². The Morgan fingerprint density at radius 2 is 1.74 bits per heavy atom. The first-order valence-corrected chi connectivity index (χ1v) is 8.59. The van der Waals surface area contributed by atoms with E-state index in [1.54, 1.807) is 5.57 Å². The van der Waals surface area contributed by atoms with Gasteiger partial charge in [-0.25, -0.2) is 0 Å². The van der Waals surface area contributed by atoms with E-state index in [9.17, 15) is 0 Å². The van der Waals surface area contributed by atoms with Crippen LogP contribution >= 0.6 is 15.9 Å². The van der Waals surface area contributed by atoms with Crippen molar-refractivity contribution in [2.45, 2.75) is 64.7 Å². The average molecular weight is 321 g/mol. The Hall–Kier alpha value is -0.560. The Labute approximate surface area is 126 Å². The number of unbranched alkanes of at least 4 members (excludes halogenated alkanes) is 6. The van der Waals surface area contributed by atoms with Crippen molar-refractivity contribution in [3.63, 3.8) is 0 Å². The fraction of sp³-hybridized carbons (Fsp3) is 0.556. The van der Waals surface area contributed by atoms with Crippen molar-refractivity contribution in [2.75, 3.05) is 0 Å².